The molecule has 0 atom stereocenters. The summed E-state index contributed by atoms with van der Waals surface area (Å²) in [7, 11) is 0. The molecule has 0 unspecified atom stereocenters. The van der Waals surface area contributed by atoms with Crippen LogP contribution in [-0.2, 0) is 4.79 Å². The molecule has 0 saturated carbocycles. The Bertz CT molecular complexity index is 189. The molecule has 1 heterocycles. The molecular weight excluding hydrogens is 134 g/mol. The molecule has 4 heteroatoms. The number of allylic oxidation sites excluding steroid dienone is 1. The summed E-state index contributed by atoms with van der Waals surface area (Å²) in [5.74, 6) is 0. The summed E-state index contributed by atoms with van der Waals surface area (Å²) >= 11 is 0. The average Bonchev–Trinajstić information content (AvgIpc) is 1.76. The molecule has 0 aromatic rings. The summed E-state index contributed by atoms with van der Waals surface area (Å²) in [6.07, 6.45) is 1.15. The van der Waals surface area contributed by atoms with E-state index in [0.29, 0.717) is 19.4 Å². The van der Waals surface area contributed by atoms with Crippen LogP contribution in [0.2, 0.25) is 0 Å². The van der Waals surface area contributed by atoms with E-state index in [-0.39, 0.29) is 0 Å². The van der Waals surface area contributed by atoms with Crippen LogP contribution in [0.1, 0.15) is 0 Å². The van der Waals surface area contributed by atoms with Gasteiger partial charge in [0.15, 0.2) is 0 Å². The topological polar surface area (TPSA) is 57.6 Å². The first-order chi connectivity index (χ1) is 4.74. The van der Waals surface area contributed by atoms with Crippen molar-refractivity contribution in [2.45, 2.75) is 0 Å². The molecule has 0 aromatic carbocycles. The molecule has 0 radical (unpaired) electrons. The van der Waals surface area contributed by atoms with E-state index >= 15 is 0 Å². The maximum absolute atomic E-state index is 10.1. The third kappa shape index (κ3) is 1.15. The summed E-state index contributed by atoms with van der Waals surface area (Å²) in [4.78, 5) is 21.2. The first-order valence-corrected chi connectivity index (χ1v) is 2.85. The molecule has 0 bridgehead atoms. The molecule has 1 aliphatic rings. The number of hydrogen-bond acceptors (Lipinski definition) is 2. The van der Waals surface area contributed by atoms with Crippen molar-refractivity contribution in [1.82, 2.24) is 4.90 Å². The van der Waals surface area contributed by atoms with Crippen LogP contribution in [0.25, 0.3) is 0 Å². The zero-order valence-electron chi connectivity index (χ0n) is 5.28. The summed E-state index contributed by atoms with van der Waals surface area (Å²) < 4.78 is 0. The van der Waals surface area contributed by atoms with Crippen LogP contribution < -0.4 is 0 Å². The number of rotatable bonds is 1. The van der Waals surface area contributed by atoms with E-state index < -0.39 is 6.09 Å². The molecule has 1 rings (SSSR count). The minimum Gasteiger partial charge on any atom is -0.465 e. The normalized spacial score (nSPS) is 16.0. The van der Waals surface area contributed by atoms with Crippen molar-refractivity contribution in [3.8, 4) is 0 Å². The van der Waals surface area contributed by atoms with Gasteiger partial charge in [0, 0.05) is 13.1 Å². The van der Waals surface area contributed by atoms with Crippen LogP contribution >= 0.6 is 0 Å². The predicted octanol–water partition coefficient (Wildman–Crippen LogP) is 0.105. The smallest absolute Gasteiger partial charge is 0.407 e. The summed E-state index contributed by atoms with van der Waals surface area (Å²) in [6, 6.07) is 0. The molecule has 1 aliphatic heterocycles. The number of amides is 1. The lowest BCUT2D eigenvalue weighted by atomic mass is 10.1. The van der Waals surface area contributed by atoms with Gasteiger partial charge in [-0.25, -0.2) is 4.79 Å². The van der Waals surface area contributed by atoms with E-state index in [1.54, 1.807) is 0 Å². The van der Waals surface area contributed by atoms with E-state index in [2.05, 4.69) is 0 Å². The molecule has 54 valence electrons. The van der Waals surface area contributed by atoms with Gasteiger partial charge in [0.2, 0.25) is 0 Å². The fourth-order valence-electron chi connectivity index (χ4n) is 0.781. The number of carboxylic acid groups (broad SMARTS) is 1. The van der Waals surface area contributed by atoms with Crippen LogP contribution in [0, 0.1) is 0 Å². The van der Waals surface area contributed by atoms with Gasteiger partial charge in [0.05, 0.1) is 0 Å². The Kier molecular flexibility index (Phi) is 1.71. The molecule has 4 nitrogen and oxygen atoms in total. The number of carbonyl (C=O) groups is 2. The second-order valence-electron chi connectivity index (χ2n) is 2.10. The average molecular weight is 141 g/mol. The van der Waals surface area contributed by atoms with Gasteiger partial charge >= 0.3 is 6.09 Å². The standard InChI is InChI=1S/C6H7NO3/c8-2-1-5-3-7(4-5)6(9)10/h1-2H,3-4H2,(H,9,10). The molecule has 0 aromatic heterocycles. The van der Waals surface area contributed by atoms with Crippen LogP contribution in [0.3, 0.4) is 0 Å². The Morgan fingerprint density at radius 2 is 2.20 bits per heavy atom. The molecule has 1 N–H and O–H groups in total. The van der Waals surface area contributed by atoms with Gasteiger partial charge < -0.3 is 10.0 Å². The summed E-state index contributed by atoms with van der Waals surface area (Å²) in [5, 5.41) is 8.33. The van der Waals surface area contributed by atoms with Gasteiger partial charge in [-0.3, -0.25) is 4.79 Å². The Balaban J connectivity index is 2.37. The zero-order chi connectivity index (χ0) is 7.56. The van der Waals surface area contributed by atoms with Gasteiger partial charge in [-0.1, -0.05) is 0 Å². The quantitative estimate of drug-likeness (QED) is 0.416. The maximum Gasteiger partial charge on any atom is 0.407 e. The van der Waals surface area contributed by atoms with Crippen molar-refractivity contribution in [2.24, 2.45) is 0 Å². The highest BCUT2D eigenvalue weighted by Gasteiger charge is 2.23. The van der Waals surface area contributed by atoms with Gasteiger partial charge in [0.25, 0.3) is 0 Å². The fourth-order valence-corrected chi connectivity index (χ4v) is 0.781. The van der Waals surface area contributed by atoms with Crippen molar-refractivity contribution in [1.29, 1.82) is 0 Å². The van der Waals surface area contributed by atoms with E-state index in [9.17, 15) is 9.59 Å². The Morgan fingerprint density at radius 1 is 1.60 bits per heavy atom. The minimum absolute atomic E-state index is 0.383. The summed E-state index contributed by atoms with van der Waals surface area (Å²) in [5.41, 5.74) is 0.873. The monoisotopic (exact) mass is 141 g/mol. The third-order valence-electron chi connectivity index (χ3n) is 1.36. The lowest BCUT2D eigenvalue weighted by molar-refractivity contribution is -0.104. The highest BCUT2D eigenvalue weighted by molar-refractivity contribution is 5.71. The van der Waals surface area contributed by atoms with E-state index in [4.69, 9.17) is 5.11 Å². The van der Waals surface area contributed by atoms with Gasteiger partial charge in [-0.15, -0.1) is 0 Å². The van der Waals surface area contributed by atoms with Gasteiger partial charge in [-0.2, -0.15) is 0 Å². The molecular formula is C6H7NO3. The van der Waals surface area contributed by atoms with Crippen molar-refractivity contribution in [3.63, 3.8) is 0 Å². The van der Waals surface area contributed by atoms with Gasteiger partial charge in [0.1, 0.15) is 6.29 Å². The van der Waals surface area contributed by atoms with Crippen molar-refractivity contribution < 1.29 is 14.7 Å². The Morgan fingerprint density at radius 3 is 2.60 bits per heavy atom. The second kappa shape index (κ2) is 2.51. The van der Waals surface area contributed by atoms with E-state index in [0.717, 1.165) is 5.57 Å². The van der Waals surface area contributed by atoms with E-state index in [1.165, 1.54) is 11.0 Å². The first-order valence-electron chi connectivity index (χ1n) is 2.85. The van der Waals surface area contributed by atoms with Crippen molar-refractivity contribution in [3.05, 3.63) is 11.6 Å². The molecule has 10 heavy (non-hydrogen) atoms. The highest BCUT2D eigenvalue weighted by Crippen LogP contribution is 2.12. The Labute approximate surface area is 57.7 Å². The number of carbonyl (C=O) groups excluding carboxylic acids is 1. The first kappa shape index (κ1) is 6.80. The molecule has 1 amide bonds. The number of hydrogen-bond donors (Lipinski definition) is 1. The number of nitrogens with zero attached hydrogens (tertiary/aromatic N) is 1. The van der Waals surface area contributed by atoms with E-state index in [1.807, 2.05) is 0 Å². The van der Waals surface area contributed by atoms with Crippen molar-refractivity contribution in [2.75, 3.05) is 13.1 Å². The van der Waals surface area contributed by atoms with Crippen molar-refractivity contribution >= 4 is 12.4 Å². The fraction of sp³-hybridized carbons (Fsp3) is 0.333. The minimum atomic E-state index is -0.928. The SMILES string of the molecule is O=CC=C1CN(C(=O)O)C1. The number of likely N-dealkylation sites (tertiary alicyclic amines) is 1. The maximum atomic E-state index is 10.1. The molecule has 0 aliphatic carbocycles. The zero-order valence-corrected chi connectivity index (χ0v) is 5.28. The lowest BCUT2D eigenvalue weighted by Gasteiger charge is -2.30. The molecule has 1 saturated heterocycles. The van der Waals surface area contributed by atoms with Crippen LogP contribution in [0.15, 0.2) is 11.6 Å². The summed E-state index contributed by atoms with van der Waals surface area (Å²) in [6.45, 7) is 0.766. The molecule has 0 spiro atoms. The second-order valence-corrected chi connectivity index (χ2v) is 2.10. The van der Waals surface area contributed by atoms with Crippen LogP contribution in [0.5, 0.6) is 0 Å². The third-order valence-corrected chi connectivity index (χ3v) is 1.36. The largest absolute Gasteiger partial charge is 0.465 e. The van der Waals surface area contributed by atoms with Gasteiger partial charge in [-0.05, 0) is 11.6 Å². The molecule has 1 fully saturated rings. The highest BCUT2D eigenvalue weighted by atomic mass is 16.4. The Hall–Kier alpha value is -1.32. The van der Waals surface area contributed by atoms with Crippen LogP contribution in [-0.4, -0.2) is 35.5 Å². The van der Waals surface area contributed by atoms with Crippen LogP contribution in [0.4, 0.5) is 4.79 Å². The number of aldehydes is 1. The lowest BCUT2D eigenvalue weighted by Crippen LogP contribution is -2.43. The predicted molar refractivity (Wildman–Crippen MR) is 33.7 cm³/mol.